The number of sulfone groups is 1. The van der Waals surface area contributed by atoms with E-state index in [1.807, 2.05) is 18.2 Å². The van der Waals surface area contributed by atoms with E-state index in [0.717, 1.165) is 54.1 Å². The van der Waals surface area contributed by atoms with Crippen LogP contribution in [0.5, 0.6) is 0 Å². The van der Waals surface area contributed by atoms with Crippen molar-refractivity contribution in [2.24, 2.45) is 0 Å². The van der Waals surface area contributed by atoms with E-state index in [0.29, 0.717) is 6.04 Å². The number of benzene rings is 1. The Balaban J connectivity index is 1.62. The first-order chi connectivity index (χ1) is 12.0. The number of aromatic nitrogens is 2. The topological polar surface area (TPSA) is 63.2 Å². The molecule has 2 aromatic rings. The van der Waals surface area contributed by atoms with Crippen molar-refractivity contribution in [3.05, 3.63) is 40.6 Å². The normalized spacial score (nSPS) is 23.2. The van der Waals surface area contributed by atoms with Crippen molar-refractivity contribution >= 4 is 15.8 Å². The van der Waals surface area contributed by atoms with Crippen molar-refractivity contribution in [3.63, 3.8) is 0 Å². The van der Waals surface area contributed by atoms with Crippen molar-refractivity contribution < 1.29 is 8.42 Å². The zero-order valence-electron chi connectivity index (χ0n) is 14.3. The van der Waals surface area contributed by atoms with E-state index in [-0.39, 0.29) is 11.5 Å². The molecule has 0 bridgehead atoms. The molecule has 0 unspecified atom stereocenters. The summed E-state index contributed by atoms with van der Waals surface area (Å²) in [7, 11) is -2.98. The van der Waals surface area contributed by atoms with Crippen LogP contribution in [0.3, 0.4) is 0 Å². The highest BCUT2D eigenvalue weighted by molar-refractivity contribution is 7.90. The second-order valence-corrected chi connectivity index (χ2v) is 9.56. The number of rotatable bonds is 2. The first-order valence-corrected chi connectivity index (χ1v) is 10.8. The summed E-state index contributed by atoms with van der Waals surface area (Å²) in [5, 5.41) is 0. The number of hydrogen-bond acceptors (Lipinski definition) is 5. The zero-order valence-corrected chi connectivity index (χ0v) is 15.1. The fourth-order valence-electron chi connectivity index (χ4n) is 4.17. The summed E-state index contributed by atoms with van der Waals surface area (Å²) in [5.41, 5.74) is 6.33. The summed E-state index contributed by atoms with van der Waals surface area (Å²) >= 11 is 0. The van der Waals surface area contributed by atoms with Gasteiger partial charge in [0.05, 0.1) is 17.2 Å². The van der Waals surface area contributed by atoms with Gasteiger partial charge in [0.1, 0.15) is 0 Å². The lowest BCUT2D eigenvalue weighted by molar-refractivity contribution is 0.470. The van der Waals surface area contributed by atoms with Gasteiger partial charge in [0, 0.05) is 29.4 Å². The first kappa shape index (κ1) is 15.3. The summed E-state index contributed by atoms with van der Waals surface area (Å²) in [6, 6.07) is 6.52. The Morgan fingerprint density at radius 3 is 2.72 bits per heavy atom. The molecule has 3 heterocycles. The highest BCUT2D eigenvalue weighted by Gasteiger charge is 2.30. The van der Waals surface area contributed by atoms with Gasteiger partial charge in [0.25, 0.3) is 0 Å². The molecule has 0 N–H and O–H groups in total. The smallest absolute Gasteiger partial charge is 0.226 e. The van der Waals surface area contributed by atoms with Gasteiger partial charge in [-0.1, -0.05) is 12.1 Å². The van der Waals surface area contributed by atoms with Gasteiger partial charge in [-0.25, -0.2) is 18.4 Å². The van der Waals surface area contributed by atoms with Crippen LogP contribution in [0.4, 0.5) is 5.95 Å². The molecule has 6 heteroatoms. The molecule has 3 aliphatic rings. The van der Waals surface area contributed by atoms with Crippen LogP contribution < -0.4 is 4.90 Å². The number of nitrogens with zero attached hydrogens (tertiary/aromatic N) is 3. The maximum absolute atomic E-state index is 11.9. The molecule has 5 nitrogen and oxygen atoms in total. The van der Waals surface area contributed by atoms with Crippen LogP contribution in [0, 0.1) is 0 Å². The third-order valence-corrected chi connectivity index (χ3v) is 7.23. The molecule has 0 saturated carbocycles. The maximum atomic E-state index is 11.9. The number of aryl methyl sites for hydroxylation is 1. The molecular formula is C19H21N3O2S. The van der Waals surface area contributed by atoms with Crippen molar-refractivity contribution in [2.45, 2.75) is 50.2 Å². The second-order valence-electron chi connectivity index (χ2n) is 7.50. The van der Waals surface area contributed by atoms with Gasteiger partial charge in [-0.2, -0.15) is 0 Å². The minimum Gasteiger partial charge on any atom is -0.338 e. The second kappa shape index (κ2) is 5.27. The Hall–Kier alpha value is -1.95. The minimum atomic E-state index is -2.98. The average molecular weight is 355 g/mol. The van der Waals surface area contributed by atoms with Crippen LogP contribution in [0.2, 0.25) is 0 Å². The molecule has 1 fully saturated rings. The molecule has 1 saturated heterocycles. The van der Waals surface area contributed by atoms with Gasteiger partial charge in [-0.3, -0.25) is 0 Å². The lowest BCUT2D eigenvalue weighted by Crippen LogP contribution is -2.46. The average Bonchev–Trinajstić information content (AvgIpc) is 3.13. The standard InChI is InChI=1S/C19H21N3O2S/c1-12-7-8-22(12)19-20-17-4-2-3-16(17)18(21-19)13-5-6-14-10-25(23,24)11-15(14)9-13/h5-6,9,12H,2-4,7-8,10-11H2,1H3/t12-/m0/s1. The molecule has 1 atom stereocenters. The van der Waals surface area contributed by atoms with E-state index in [4.69, 9.17) is 9.97 Å². The minimum absolute atomic E-state index is 0.152. The monoisotopic (exact) mass is 355 g/mol. The SMILES string of the molecule is C[C@H]1CCN1c1nc2c(c(-c3ccc4c(c3)CS(=O)(=O)C4)n1)CCC2. The molecule has 1 aliphatic carbocycles. The number of fused-ring (bicyclic) bond motifs is 2. The molecule has 0 spiro atoms. The Morgan fingerprint density at radius 2 is 1.96 bits per heavy atom. The molecule has 130 valence electrons. The lowest BCUT2D eigenvalue weighted by atomic mass is 10.0. The van der Waals surface area contributed by atoms with Crippen molar-refractivity contribution in [1.29, 1.82) is 0 Å². The van der Waals surface area contributed by atoms with Gasteiger partial charge in [0.15, 0.2) is 9.84 Å². The van der Waals surface area contributed by atoms with E-state index < -0.39 is 9.84 Å². The maximum Gasteiger partial charge on any atom is 0.226 e. The van der Waals surface area contributed by atoms with Crippen LogP contribution in [-0.4, -0.2) is 31.0 Å². The molecule has 0 amide bonds. The number of anilines is 1. The first-order valence-electron chi connectivity index (χ1n) is 8.99. The van der Waals surface area contributed by atoms with Crippen molar-refractivity contribution in [1.82, 2.24) is 9.97 Å². The highest BCUT2D eigenvalue weighted by atomic mass is 32.2. The summed E-state index contributed by atoms with van der Waals surface area (Å²) in [4.78, 5) is 12.0. The van der Waals surface area contributed by atoms with E-state index >= 15 is 0 Å². The van der Waals surface area contributed by atoms with Gasteiger partial charge in [-0.15, -0.1) is 0 Å². The van der Waals surface area contributed by atoms with Crippen molar-refractivity contribution in [2.75, 3.05) is 11.4 Å². The van der Waals surface area contributed by atoms with Gasteiger partial charge >= 0.3 is 0 Å². The summed E-state index contributed by atoms with van der Waals surface area (Å²) < 4.78 is 23.8. The van der Waals surface area contributed by atoms with E-state index in [1.165, 1.54) is 17.7 Å². The summed E-state index contributed by atoms with van der Waals surface area (Å²) in [6.45, 7) is 3.22. The fraction of sp³-hybridized carbons (Fsp3) is 0.474. The molecule has 1 aromatic heterocycles. The third-order valence-electron chi connectivity index (χ3n) is 5.73. The molecule has 1 aromatic carbocycles. The Morgan fingerprint density at radius 1 is 1.12 bits per heavy atom. The Labute approximate surface area is 148 Å². The van der Waals surface area contributed by atoms with Crippen molar-refractivity contribution in [3.8, 4) is 11.3 Å². The quantitative estimate of drug-likeness (QED) is 0.829. The van der Waals surface area contributed by atoms with Crippen LogP contribution in [0.25, 0.3) is 11.3 Å². The van der Waals surface area contributed by atoms with E-state index in [9.17, 15) is 8.42 Å². The van der Waals surface area contributed by atoms with E-state index in [2.05, 4.69) is 11.8 Å². The molecule has 0 radical (unpaired) electrons. The zero-order chi connectivity index (χ0) is 17.2. The lowest BCUT2D eigenvalue weighted by Gasteiger charge is -2.39. The van der Waals surface area contributed by atoms with Gasteiger partial charge < -0.3 is 4.90 Å². The predicted octanol–water partition coefficient (Wildman–Crippen LogP) is 2.66. The van der Waals surface area contributed by atoms with Crippen LogP contribution >= 0.6 is 0 Å². The predicted molar refractivity (Wildman–Crippen MR) is 97.2 cm³/mol. The molecule has 2 aliphatic heterocycles. The molecular weight excluding hydrogens is 334 g/mol. The molecule has 25 heavy (non-hydrogen) atoms. The number of hydrogen-bond donors (Lipinski definition) is 0. The van der Waals surface area contributed by atoms with Crippen LogP contribution in [0.1, 0.15) is 42.1 Å². The largest absolute Gasteiger partial charge is 0.338 e. The summed E-state index contributed by atoms with van der Waals surface area (Å²) in [5.74, 6) is 1.16. The Bertz CT molecular complexity index is 984. The fourth-order valence-corrected chi connectivity index (χ4v) is 5.77. The summed E-state index contributed by atoms with van der Waals surface area (Å²) in [6.07, 6.45) is 4.33. The van der Waals surface area contributed by atoms with E-state index in [1.54, 1.807) is 0 Å². The van der Waals surface area contributed by atoms with Crippen LogP contribution in [-0.2, 0) is 34.2 Å². The molecule has 5 rings (SSSR count). The highest BCUT2D eigenvalue weighted by Crippen LogP contribution is 2.36. The third kappa shape index (κ3) is 2.46. The van der Waals surface area contributed by atoms with Gasteiger partial charge in [0.2, 0.25) is 5.95 Å². The Kier molecular flexibility index (Phi) is 3.23. The van der Waals surface area contributed by atoms with Gasteiger partial charge in [-0.05, 0) is 49.8 Å². The van der Waals surface area contributed by atoms with Crippen LogP contribution in [0.15, 0.2) is 18.2 Å².